The van der Waals surface area contributed by atoms with Gasteiger partial charge in [0.25, 0.3) is 0 Å². The summed E-state index contributed by atoms with van der Waals surface area (Å²) in [5.74, 6) is -0.401. The van der Waals surface area contributed by atoms with Crippen LogP contribution in [0.3, 0.4) is 0 Å². The fraction of sp³-hybridized carbons (Fsp3) is 0.529. The molecule has 0 aromatic heterocycles. The van der Waals surface area contributed by atoms with Crippen molar-refractivity contribution in [2.24, 2.45) is 0 Å². The molecule has 1 atom stereocenters. The zero-order chi connectivity index (χ0) is 22.9. The highest BCUT2D eigenvalue weighted by atomic mass is 79.9. The number of sulfonamides is 1. The summed E-state index contributed by atoms with van der Waals surface area (Å²) in [5.41, 5.74) is -7.15. The summed E-state index contributed by atoms with van der Waals surface area (Å²) in [6, 6.07) is 5.04. The van der Waals surface area contributed by atoms with Crippen LogP contribution in [0.5, 0.6) is 0 Å². The Balaban J connectivity index is 2.49. The van der Waals surface area contributed by atoms with Crippen molar-refractivity contribution < 1.29 is 40.7 Å². The van der Waals surface area contributed by atoms with Gasteiger partial charge in [-0.15, -0.1) is 0 Å². The quantitative estimate of drug-likeness (QED) is 0.557. The van der Waals surface area contributed by atoms with E-state index in [2.05, 4.69) is 20.7 Å². The molecule has 1 aromatic carbocycles. The van der Waals surface area contributed by atoms with Crippen LogP contribution < -0.4 is 4.31 Å². The van der Waals surface area contributed by atoms with E-state index in [0.29, 0.717) is 0 Å². The van der Waals surface area contributed by atoms with Gasteiger partial charge in [-0.2, -0.15) is 25.9 Å². The molecule has 1 fully saturated rings. The number of para-hydroxylation sites is 1. The number of ether oxygens (including phenoxy) is 2. The summed E-state index contributed by atoms with van der Waals surface area (Å²) in [4.78, 5) is 25.3. The minimum absolute atomic E-state index is 0.0188. The van der Waals surface area contributed by atoms with Gasteiger partial charge < -0.3 is 14.4 Å². The van der Waals surface area contributed by atoms with Crippen LogP contribution in [0.4, 0.5) is 23.7 Å². The third-order valence-electron chi connectivity index (χ3n) is 4.27. The molecule has 1 aliphatic rings. The molecule has 8 nitrogen and oxygen atoms in total. The Morgan fingerprint density at radius 3 is 2.53 bits per heavy atom. The van der Waals surface area contributed by atoms with Crippen LogP contribution >= 0.6 is 15.9 Å². The number of amides is 2. The zero-order valence-corrected chi connectivity index (χ0v) is 18.7. The fourth-order valence-corrected chi connectivity index (χ4v) is 3.94. The van der Waals surface area contributed by atoms with Crippen molar-refractivity contribution >= 4 is 43.6 Å². The highest BCUT2D eigenvalue weighted by molar-refractivity contribution is 9.10. The van der Waals surface area contributed by atoms with E-state index in [-0.39, 0.29) is 25.4 Å². The van der Waals surface area contributed by atoms with Gasteiger partial charge in [0.2, 0.25) is 5.91 Å². The van der Waals surface area contributed by atoms with Gasteiger partial charge in [0.05, 0.1) is 24.4 Å². The Morgan fingerprint density at radius 2 is 1.97 bits per heavy atom. The third kappa shape index (κ3) is 4.72. The van der Waals surface area contributed by atoms with Gasteiger partial charge >= 0.3 is 21.6 Å². The van der Waals surface area contributed by atoms with Gasteiger partial charge in [0, 0.05) is 0 Å². The summed E-state index contributed by atoms with van der Waals surface area (Å²) >= 11 is 3.23. The molecule has 1 unspecified atom stereocenters. The second-order valence-corrected chi connectivity index (χ2v) is 9.51. The molecule has 0 radical (unpaired) electrons. The number of benzene rings is 1. The van der Waals surface area contributed by atoms with Crippen LogP contribution in [0.15, 0.2) is 24.3 Å². The first-order chi connectivity index (χ1) is 13.7. The van der Waals surface area contributed by atoms with Crippen molar-refractivity contribution in [2.45, 2.75) is 43.3 Å². The van der Waals surface area contributed by atoms with E-state index in [4.69, 9.17) is 4.74 Å². The van der Waals surface area contributed by atoms with Crippen LogP contribution in [0.2, 0.25) is 0 Å². The van der Waals surface area contributed by atoms with E-state index in [1.165, 1.54) is 30.0 Å². The molecule has 1 saturated heterocycles. The summed E-state index contributed by atoms with van der Waals surface area (Å²) in [6.07, 6.45) is -1.71. The smallest absolute Gasteiger partial charge is 0.449 e. The number of alkyl halides is 4. The van der Waals surface area contributed by atoms with Crippen LogP contribution in [0, 0.1) is 0 Å². The highest BCUT2D eigenvalue weighted by Gasteiger charge is 2.53. The first-order valence-electron chi connectivity index (χ1n) is 8.67. The number of carbonyl (C=O) groups excluding carboxylic acids is 2. The second-order valence-electron chi connectivity index (χ2n) is 6.82. The SMILES string of the molecule is CCOC(=O)N(c1ccccc1CN1COC(C)(C)C(Br)C1=O)S(=O)(=O)C(F)(F)F. The largest absolute Gasteiger partial charge is 0.517 e. The maximum Gasteiger partial charge on any atom is 0.517 e. The number of hydrogen-bond donors (Lipinski definition) is 0. The van der Waals surface area contributed by atoms with Gasteiger partial charge in [0.15, 0.2) is 0 Å². The normalized spacial score (nSPS) is 19.5. The zero-order valence-electron chi connectivity index (χ0n) is 16.3. The summed E-state index contributed by atoms with van der Waals surface area (Å²) in [7, 11) is -6.10. The first-order valence-corrected chi connectivity index (χ1v) is 11.0. The fourth-order valence-electron chi connectivity index (χ4n) is 2.62. The van der Waals surface area contributed by atoms with Crippen molar-refractivity contribution in [1.29, 1.82) is 0 Å². The molecular formula is C17H20BrF3N2O6S. The standard InChI is InChI=1S/C17H20BrF3N2O6S/c1-4-28-15(25)23(30(26,27)17(19,20)21)12-8-6-5-7-11(12)9-22-10-29-16(2,3)13(18)14(22)24/h5-8,13H,4,9-10H2,1-3H3. The van der Waals surface area contributed by atoms with E-state index in [1.54, 1.807) is 13.8 Å². The van der Waals surface area contributed by atoms with Crippen molar-refractivity contribution in [1.82, 2.24) is 4.90 Å². The molecule has 0 spiro atoms. The molecule has 1 heterocycles. The molecule has 1 aliphatic heterocycles. The van der Waals surface area contributed by atoms with Gasteiger partial charge in [-0.3, -0.25) is 4.79 Å². The first kappa shape index (κ1) is 24.4. The molecule has 0 N–H and O–H groups in total. The maximum absolute atomic E-state index is 13.2. The molecule has 0 bridgehead atoms. The van der Waals surface area contributed by atoms with E-state index in [9.17, 15) is 31.2 Å². The summed E-state index contributed by atoms with van der Waals surface area (Å²) in [5, 5.41) is 0. The number of anilines is 1. The van der Waals surface area contributed by atoms with Gasteiger partial charge in [-0.05, 0) is 32.4 Å². The van der Waals surface area contributed by atoms with E-state index >= 15 is 0 Å². The summed E-state index contributed by atoms with van der Waals surface area (Å²) < 4.78 is 73.6. The van der Waals surface area contributed by atoms with E-state index in [0.717, 1.165) is 6.07 Å². The molecule has 168 valence electrons. The molecule has 2 rings (SSSR count). The molecule has 30 heavy (non-hydrogen) atoms. The van der Waals surface area contributed by atoms with Crippen molar-refractivity contribution in [3.63, 3.8) is 0 Å². The molecule has 1 aromatic rings. The molecule has 13 heteroatoms. The monoisotopic (exact) mass is 516 g/mol. The number of hydrogen-bond acceptors (Lipinski definition) is 6. The molecule has 0 aliphatic carbocycles. The predicted molar refractivity (Wildman–Crippen MR) is 104 cm³/mol. The van der Waals surface area contributed by atoms with Gasteiger partial charge in [0.1, 0.15) is 11.6 Å². The lowest BCUT2D eigenvalue weighted by molar-refractivity contribution is -0.164. The number of halogens is 4. The number of rotatable bonds is 5. The Bertz CT molecular complexity index is 922. The minimum Gasteiger partial charge on any atom is -0.449 e. The third-order valence-corrected chi connectivity index (χ3v) is 7.18. The Kier molecular flexibility index (Phi) is 7.09. The van der Waals surface area contributed by atoms with Gasteiger partial charge in [-0.25, -0.2) is 4.79 Å². The summed E-state index contributed by atoms with van der Waals surface area (Å²) in [6.45, 7) is 3.89. The minimum atomic E-state index is -6.10. The van der Waals surface area contributed by atoms with E-state index in [1.807, 2.05) is 0 Å². The predicted octanol–water partition coefficient (Wildman–Crippen LogP) is 3.36. The van der Waals surface area contributed by atoms with Crippen LogP contribution in [-0.2, 0) is 30.8 Å². The molecule has 0 saturated carbocycles. The maximum atomic E-state index is 13.2. The van der Waals surface area contributed by atoms with Crippen LogP contribution in [0.1, 0.15) is 26.3 Å². The average molecular weight is 517 g/mol. The lowest BCUT2D eigenvalue weighted by Gasteiger charge is -2.40. The Hall–Kier alpha value is -1.86. The van der Waals surface area contributed by atoms with Gasteiger partial charge in [-0.1, -0.05) is 34.1 Å². The van der Waals surface area contributed by atoms with Crippen molar-refractivity contribution in [3.05, 3.63) is 29.8 Å². The van der Waals surface area contributed by atoms with Crippen LogP contribution in [0.25, 0.3) is 0 Å². The van der Waals surface area contributed by atoms with Crippen molar-refractivity contribution in [2.75, 3.05) is 17.6 Å². The average Bonchev–Trinajstić information content (AvgIpc) is 2.63. The highest BCUT2D eigenvalue weighted by Crippen LogP contribution is 2.35. The number of carbonyl (C=O) groups is 2. The topological polar surface area (TPSA) is 93.2 Å². The lowest BCUT2D eigenvalue weighted by Crippen LogP contribution is -2.55. The van der Waals surface area contributed by atoms with E-state index < -0.39 is 48.0 Å². The Labute approximate surface area is 180 Å². The Morgan fingerprint density at radius 1 is 1.37 bits per heavy atom. The number of nitrogens with zero attached hydrogens (tertiary/aromatic N) is 2. The van der Waals surface area contributed by atoms with Crippen molar-refractivity contribution in [3.8, 4) is 0 Å². The van der Waals surface area contributed by atoms with Crippen LogP contribution in [-0.4, -0.2) is 54.6 Å². The lowest BCUT2D eigenvalue weighted by atomic mass is 10.0. The molecular weight excluding hydrogens is 497 g/mol. The second kappa shape index (κ2) is 8.71. The molecule has 2 amide bonds.